The molecule has 1 aromatic heterocycles. The van der Waals surface area contributed by atoms with Gasteiger partial charge in [-0.15, -0.1) is 10.2 Å². The van der Waals surface area contributed by atoms with Crippen LogP contribution < -0.4 is 11.1 Å². The van der Waals surface area contributed by atoms with Crippen molar-refractivity contribution in [2.24, 2.45) is 0 Å². The Morgan fingerprint density at radius 2 is 2.07 bits per heavy atom. The summed E-state index contributed by atoms with van der Waals surface area (Å²) in [4.78, 5) is 0. The Morgan fingerprint density at radius 1 is 1.21 bits per heavy atom. The van der Waals surface area contributed by atoms with Crippen molar-refractivity contribution in [3.63, 3.8) is 0 Å². The van der Waals surface area contributed by atoms with E-state index in [-0.39, 0.29) is 6.61 Å². The molecule has 0 aliphatic carbocycles. The molecule has 0 radical (unpaired) electrons. The van der Waals surface area contributed by atoms with Crippen LogP contribution >= 0.6 is 0 Å². The molecule has 0 atom stereocenters. The van der Waals surface area contributed by atoms with Gasteiger partial charge in [-0.05, 0) is 31.4 Å². The van der Waals surface area contributed by atoms with E-state index in [1.165, 1.54) is 0 Å². The predicted octanol–water partition coefficient (Wildman–Crippen LogP) is 0.633. The second-order valence-corrected chi connectivity index (χ2v) is 3.05. The van der Waals surface area contributed by atoms with E-state index in [2.05, 4.69) is 15.5 Å². The van der Waals surface area contributed by atoms with Gasteiger partial charge in [0.05, 0.1) is 0 Å². The summed E-state index contributed by atoms with van der Waals surface area (Å²) < 4.78 is 0. The first-order valence-electron chi connectivity index (χ1n) is 4.77. The predicted molar refractivity (Wildman–Crippen MR) is 55.9 cm³/mol. The number of nitrogens with two attached hydrogens (primary N) is 1. The Labute approximate surface area is 83.3 Å². The van der Waals surface area contributed by atoms with E-state index >= 15 is 0 Å². The van der Waals surface area contributed by atoms with Gasteiger partial charge in [-0.1, -0.05) is 0 Å². The molecule has 1 aromatic rings. The number of hydrogen-bond donors (Lipinski definition) is 3. The monoisotopic (exact) mass is 196 g/mol. The lowest BCUT2D eigenvalue weighted by molar-refractivity contribution is 0.283. The summed E-state index contributed by atoms with van der Waals surface area (Å²) in [6.45, 7) is 1.11. The van der Waals surface area contributed by atoms with E-state index in [0.717, 1.165) is 31.6 Å². The minimum Gasteiger partial charge on any atom is -0.396 e. The van der Waals surface area contributed by atoms with Crippen molar-refractivity contribution in [2.45, 2.75) is 19.3 Å². The highest BCUT2D eigenvalue weighted by molar-refractivity contribution is 5.38. The van der Waals surface area contributed by atoms with E-state index in [4.69, 9.17) is 10.8 Å². The molecule has 0 spiro atoms. The summed E-state index contributed by atoms with van der Waals surface area (Å²) >= 11 is 0. The van der Waals surface area contributed by atoms with Crippen molar-refractivity contribution in [3.8, 4) is 0 Å². The van der Waals surface area contributed by atoms with Crippen molar-refractivity contribution in [3.05, 3.63) is 12.1 Å². The minimum absolute atomic E-state index is 0.266. The van der Waals surface area contributed by atoms with Gasteiger partial charge in [0, 0.05) is 13.2 Å². The molecule has 5 nitrogen and oxygen atoms in total. The first-order chi connectivity index (χ1) is 6.83. The fourth-order valence-electron chi connectivity index (χ4n) is 1.07. The third kappa shape index (κ3) is 4.04. The molecule has 4 N–H and O–H groups in total. The minimum atomic E-state index is 0.266. The first-order valence-corrected chi connectivity index (χ1v) is 4.77. The highest BCUT2D eigenvalue weighted by Gasteiger charge is 1.93. The molecule has 0 aromatic carbocycles. The maximum Gasteiger partial charge on any atom is 0.148 e. The van der Waals surface area contributed by atoms with Crippen LogP contribution in [0.15, 0.2) is 12.1 Å². The highest BCUT2D eigenvalue weighted by atomic mass is 16.2. The number of hydrogen-bond acceptors (Lipinski definition) is 5. The maximum atomic E-state index is 8.56. The molecular weight excluding hydrogens is 180 g/mol. The van der Waals surface area contributed by atoms with Crippen LogP contribution in [0, 0.1) is 0 Å². The largest absolute Gasteiger partial charge is 0.396 e. The van der Waals surface area contributed by atoms with Crippen LogP contribution in [0.3, 0.4) is 0 Å². The Morgan fingerprint density at radius 3 is 2.71 bits per heavy atom. The summed E-state index contributed by atoms with van der Waals surface area (Å²) in [5.41, 5.74) is 5.39. The van der Waals surface area contributed by atoms with E-state index in [1.54, 1.807) is 12.1 Å². The van der Waals surface area contributed by atoms with Gasteiger partial charge in [-0.3, -0.25) is 0 Å². The quantitative estimate of drug-likeness (QED) is 0.581. The number of aliphatic hydroxyl groups is 1. The standard InChI is InChI=1S/C9H16N4O/c10-8-4-5-9(13-12-8)11-6-2-1-3-7-14/h4-5,14H,1-3,6-7H2,(H2,10,12)(H,11,13). The zero-order valence-corrected chi connectivity index (χ0v) is 8.11. The molecule has 0 aliphatic heterocycles. The number of aromatic nitrogens is 2. The molecule has 14 heavy (non-hydrogen) atoms. The summed E-state index contributed by atoms with van der Waals surface area (Å²) in [5.74, 6) is 1.17. The van der Waals surface area contributed by atoms with Crippen LogP contribution in [-0.4, -0.2) is 28.5 Å². The zero-order valence-electron chi connectivity index (χ0n) is 8.11. The molecule has 0 saturated carbocycles. The van der Waals surface area contributed by atoms with Gasteiger partial charge in [0.25, 0.3) is 0 Å². The molecule has 1 rings (SSSR count). The fraction of sp³-hybridized carbons (Fsp3) is 0.556. The molecular formula is C9H16N4O. The number of nitrogens with one attached hydrogen (secondary N) is 1. The molecule has 0 aliphatic rings. The molecule has 0 saturated heterocycles. The van der Waals surface area contributed by atoms with E-state index in [9.17, 15) is 0 Å². The highest BCUT2D eigenvalue weighted by Crippen LogP contribution is 2.03. The zero-order chi connectivity index (χ0) is 10.2. The van der Waals surface area contributed by atoms with Crippen LogP contribution in [0.2, 0.25) is 0 Å². The molecule has 1 heterocycles. The Hall–Kier alpha value is -1.36. The summed E-state index contributed by atoms with van der Waals surface area (Å²) in [7, 11) is 0. The van der Waals surface area contributed by atoms with E-state index in [0.29, 0.717) is 5.82 Å². The molecule has 0 fully saturated rings. The summed E-state index contributed by atoms with van der Waals surface area (Å²) in [5, 5.41) is 19.3. The fourth-order valence-corrected chi connectivity index (χ4v) is 1.07. The number of nitrogen functional groups attached to an aromatic ring is 1. The van der Waals surface area contributed by atoms with Gasteiger partial charge < -0.3 is 16.2 Å². The Bertz CT molecular complexity index is 249. The van der Waals surface area contributed by atoms with E-state index < -0.39 is 0 Å². The smallest absolute Gasteiger partial charge is 0.148 e. The topological polar surface area (TPSA) is 84.1 Å². The molecule has 0 unspecified atom stereocenters. The normalized spacial score (nSPS) is 10.1. The average molecular weight is 196 g/mol. The molecule has 5 heteroatoms. The van der Waals surface area contributed by atoms with Crippen molar-refractivity contribution >= 4 is 11.6 Å². The Kier molecular flexibility index (Phi) is 4.71. The molecule has 0 bridgehead atoms. The van der Waals surface area contributed by atoms with Crippen LogP contribution in [-0.2, 0) is 0 Å². The number of unbranched alkanes of at least 4 members (excludes halogenated alkanes) is 2. The first kappa shape index (κ1) is 10.7. The molecule has 78 valence electrons. The van der Waals surface area contributed by atoms with Gasteiger partial charge in [0.1, 0.15) is 11.6 Å². The van der Waals surface area contributed by atoms with Crippen molar-refractivity contribution < 1.29 is 5.11 Å². The van der Waals surface area contributed by atoms with Crippen molar-refractivity contribution in [1.82, 2.24) is 10.2 Å². The van der Waals surface area contributed by atoms with Crippen molar-refractivity contribution in [1.29, 1.82) is 0 Å². The maximum absolute atomic E-state index is 8.56. The Balaban J connectivity index is 2.15. The van der Waals surface area contributed by atoms with Crippen LogP contribution in [0.25, 0.3) is 0 Å². The van der Waals surface area contributed by atoms with Gasteiger partial charge >= 0.3 is 0 Å². The second kappa shape index (κ2) is 6.15. The van der Waals surface area contributed by atoms with Crippen molar-refractivity contribution in [2.75, 3.05) is 24.2 Å². The third-order valence-corrected chi connectivity index (χ3v) is 1.83. The van der Waals surface area contributed by atoms with Gasteiger partial charge in [-0.2, -0.15) is 0 Å². The van der Waals surface area contributed by atoms with Crippen LogP contribution in [0.1, 0.15) is 19.3 Å². The summed E-state index contributed by atoms with van der Waals surface area (Å²) in [6, 6.07) is 3.51. The number of aliphatic hydroxyl groups excluding tert-OH is 1. The van der Waals surface area contributed by atoms with E-state index in [1.807, 2.05) is 0 Å². The summed E-state index contributed by atoms with van der Waals surface area (Å²) in [6.07, 6.45) is 2.90. The van der Waals surface area contributed by atoms with Crippen LogP contribution in [0.5, 0.6) is 0 Å². The van der Waals surface area contributed by atoms with Gasteiger partial charge in [0.15, 0.2) is 0 Å². The SMILES string of the molecule is Nc1ccc(NCCCCCO)nn1. The lowest BCUT2D eigenvalue weighted by Gasteiger charge is -2.03. The second-order valence-electron chi connectivity index (χ2n) is 3.05. The number of anilines is 2. The lowest BCUT2D eigenvalue weighted by Crippen LogP contribution is -2.05. The van der Waals surface area contributed by atoms with Gasteiger partial charge in [0.2, 0.25) is 0 Å². The number of nitrogens with zero attached hydrogens (tertiary/aromatic N) is 2. The van der Waals surface area contributed by atoms with Gasteiger partial charge in [-0.25, -0.2) is 0 Å². The third-order valence-electron chi connectivity index (χ3n) is 1.83. The number of rotatable bonds is 6. The lowest BCUT2D eigenvalue weighted by atomic mass is 10.2. The molecule has 0 amide bonds. The average Bonchev–Trinajstić information content (AvgIpc) is 2.21. The van der Waals surface area contributed by atoms with Crippen LogP contribution in [0.4, 0.5) is 11.6 Å².